The molecule has 1 aliphatic carbocycles. The molecule has 0 radical (unpaired) electrons. The summed E-state index contributed by atoms with van der Waals surface area (Å²) < 4.78 is 0. The van der Waals surface area contributed by atoms with E-state index in [0.29, 0.717) is 12.2 Å². The molecule has 3 N–H and O–H groups in total. The molecule has 2 aromatic rings. The van der Waals surface area contributed by atoms with Crippen LogP contribution in [0.15, 0.2) is 53.4 Å². The minimum atomic E-state index is -0.397. The molecule has 0 heterocycles. The van der Waals surface area contributed by atoms with Gasteiger partial charge >= 0.3 is 0 Å². The third kappa shape index (κ3) is 4.94. The number of nitrogens with zero attached hydrogens (tertiary/aromatic N) is 1. The third-order valence-corrected chi connectivity index (χ3v) is 5.81. The van der Waals surface area contributed by atoms with Crippen LogP contribution in [0.25, 0.3) is 0 Å². The van der Waals surface area contributed by atoms with Crippen LogP contribution in [0.2, 0.25) is 0 Å². The summed E-state index contributed by atoms with van der Waals surface area (Å²) in [5, 5.41) is 2.95. The van der Waals surface area contributed by atoms with Crippen LogP contribution in [0.1, 0.15) is 23.6 Å². The highest BCUT2D eigenvalue weighted by Gasteiger charge is 2.28. The minimum absolute atomic E-state index is 0.133. The van der Waals surface area contributed by atoms with Crippen LogP contribution in [0, 0.1) is 12.3 Å². The van der Waals surface area contributed by atoms with Gasteiger partial charge in [-0.15, -0.1) is 18.2 Å². The molecule has 3 rings (SSSR count). The third-order valence-electron chi connectivity index (χ3n) is 4.71. The van der Waals surface area contributed by atoms with E-state index in [4.69, 9.17) is 12.2 Å². The Morgan fingerprint density at radius 1 is 1.21 bits per heavy atom. The molecular weight excluding hydrogens is 370 g/mol. The van der Waals surface area contributed by atoms with Gasteiger partial charge in [0.05, 0.1) is 24.5 Å². The lowest BCUT2D eigenvalue weighted by atomic mass is 10.1. The number of para-hydroxylation sites is 1. The second kappa shape index (κ2) is 9.45. The first-order chi connectivity index (χ1) is 13.6. The molecule has 0 spiro atoms. The lowest BCUT2D eigenvalue weighted by molar-refractivity contribution is -0.118. The summed E-state index contributed by atoms with van der Waals surface area (Å²) >= 11 is 1.31. The fourth-order valence-electron chi connectivity index (χ4n) is 3.53. The van der Waals surface area contributed by atoms with E-state index in [1.54, 1.807) is 0 Å². The van der Waals surface area contributed by atoms with Crippen LogP contribution in [-0.4, -0.2) is 35.6 Å². The number of nitrogens with one attached hydrogen (secondary N) is 1. The molecule has 0 bridgehead atoms. The number of rotatable bonds is 8. The SMILES string of the molecule is C#CCN(CC(=O)Nc1ccccc1SCC(N)=O)C1CCc2ccccc21. The average Bonchev–Trinajstić information content (AvgIpc) is 3.11. The molecule has 6 heteroatoms. The number of carbonyl (C=O) groups excluding carboxylic acids is 2. The van der Waals surface area contributed by atoms with Gasteiger partial charge in [-0.1, -0.05) is 42.3 Å². The monoisotopic (exact) mass is 393 g/mol. The van der Waals surface area contributed by atoms with E-state index in [9.17, 15) is 9.59 Å². The van der Waals surface area contributed by atoms with Gasteiger partial charge < -0.3 is 11.1 Å². The molecule has 0 saturated carbocycles. The molecule has 2 amide bonds. The molecule has 28 heavy (non-hydrogen) atoms. The van der Waals surface area contributed by atoms with Gasteiger partial charge in [-0.25, -0.2) is 0 Å². The van der Waals surface area contributed by atoms with Crippen LogP contribution in [0.3, 0.4) is 0 Å². The lowest BCUT2D eigenvalue weighted by Gasteiger charge is -2.27. The number of carbonyl (C=O) groups is 2. The predicted molar refractivity (Wildman–Crippen MR) is 113 cm³/mol. The Bertz CT molecular complexity index is 907. The second-order valence-electron chi connectivity index (χ2n) is 6.66. The van der Waals surface area contributed by atoms with Crippen molar-refractivity contribution in [1.29, 1.82) is 0 Å². The Morgan fingerprint density at radius 3 is 2.75 bits per heavy atom. The molecular formula is C22H23N3O2S. The highest BCUT2D eigenvalue weighted by Crippen LogP contribution is 2.35. The molecule has 1 aliphatic rings. The molecule has 0 saturated heterocycles. The first kappa shape index (κ1) is 20.0. The molecule has 2 aromatic carbocycles. The zero-order valence-corrected chi connectivity index (χ0v) is 16.4. The number of nitrogens with two attached hydrogens (primary N) is 1. The maximum atomic E-state index is 12.7. The van der Waals surface area contributed by atoms with Crippen molar-refractivity contribution in [2.24, 2.45) is 5.73 Å². The summed E-state index contributed by atoms with van der Waals surface area (Å²) in [6, 6.07) is 15.8. The molecule has 1 atom stereocenters. The van der Waals surface area contributed by atoms with Crippen molar-refractivity contribution < 1.29 is 9.59 Å². The number of aryl methyl sites for hydroxylation is 1. The van der Waals surface area contributed by atoms with E-state index >= 15 is 0 Å². The molecule has 0 fully saturated rings. The van der Waals surface area contributed by atoms with Crippen LogP contribution < -0.4 is 11.1 Å². The number of hydrogen-bond acceptors (Lipinski definition) is 4. The standard InChI is InChI=1S/C22H23N3O2S/c1-2-13-25(19-12-11-16-7-3-4-8-17(16)19)14-22(27)24-18-9-5-6-10-20(18)28-15-21(23)26/h1,3-10,19H,11-15H2,(H2,23,26)(H,24,27). The Hall–Kier alpha value is -2.75. The largest absolute Gasteiger partial charge is 0.369 e. The Morgan fingerprint density at radius 2 is 1.96 bits per heavy atom. The van der Waals surface area contributed by atoms with Crippen molar-refractivity contribution in [2.75, 3.05) is 24.2 Å². The van der Waals surface area contributed by atoms with E-state index in [1.165, 1.54) is 22.9 Å². The van der Waals surface area contributed by atoms with Crippen molar-refractivity contribution >= 4 is 29.3 Å². The normalized spacial score (nSPS) is 15.1. The summed E-state index contributed by atoms with van der Waals surface area (Å²) in [6.45, 7) is 0.614. The molecule has 1 unspecified atom stereocenters. The van der Waals surface area contributed by atoms with Crippen LogP contribution in [0.4, 0.5) is 5.69 Å². The molecule has 0 aliphatic heterocycles. The van der Waals surface area contributed by atoms with Crippen molar-refractivity contribution in [3.05, 3.63) is 59.7 Å². The first-order valence-electron chi connectivity index (χ1n) is 9.13. The van der Waals surface area contributed by atoms with Gasteiger partial charge in [0.15, 0.2) is 0 Å². The van der Waals surface area contributed by atoms with Gasteiger partial charge in [0.2, 0.25) is 11.8 Å². The quantitative estimate of drug-likeness (QED) is 0.534. The van der Waals surface area contributed by atoms with Crippen LogP contribution >= 0.6 is 11.8 Å². The number of terminal acetylenes is 1. The summed E-state index contributed by atoms with van der Waals surface area (Å²) in [7, 11) is 0. The zero-order valence-electron chi connectivity index (χ0n) is 15.6. The molecule has 0 aromatic heterocycles. The van der Waals surface area contributed by atoms with Gasteiger partial charge in [0.25, 0.3) is 0 Å². The Balaban J connectivity index is 1.69. The van der Waals surface area contributed by atoms with Gasteiger partial charge in [0.1, 0.15) is 0 Å². The number of fused-ring (bicyclic) bond motifs is 1. The number of thioether (sulfide) groups is 1. The zero-order chi connectivity index (χ0) is 19.9. The van der Waals surface area contributed by atoms with Gasteiger partial charge in [-0.3, -0.25) is 14.5 Å². The highest BCUT2D eigenvalue weighted by molar-refractivity contribution is 8.00. The number of primary amides is 1. The number of amides is 2. The van der Waals surface area contributed by atoms with Crippen molar-refractivity contribution in [3.63, 3.8) is 0 Å². The average molecular weight is 394 g/mol. The van der Waals surface area contributed by atoms with Crippen molar-refractivity contribution in [2.45, 2.75) is 23.8 Å². The number of anilines is 1. The number of hydrogen-bond donors (Lipinski definition) is 2. The fourth-order valence-corrected chi connectivity index (χ4v) is 4.27. The van der Waals surface area contributed by atoms with E-state index in [0.717, 1.165) is 17.7 Å². The topological polar surface area (TPSA) is 75.4 Å². The van der Waals surface area contributed by atoms with Gasteiger partial charge in [0, 0.05) is 10.9 Å². The minimum Gasteiger partial charge on any atom is -0.369 e. The van der Waals surface area contributed by atoms with Crippen molar-refractivity contribution in [1.82, 2.24) is 4.90 Å². The van der Waals surface area contributed by atoms with Crippen LogP contribution in [0.5, 0.6) is 0 Å². The maximum absolute atomic E-state index is 12.7. The van der Waals surface area contributed by atoms with E-state index < -0.39 is 5.91 Å². The predicted octanol–water partition coefficient (Wildman–Crippen LogP) is 2.83. The lowest BCUT2D eigenvalue weighted by Crippen LogP contribution is -2.36. The summed E-state index contributed by atoms with van der Waals surface area (Å²) in [4.78, 5) is 26.6. The smallest absolute Gasteiger partial charge is 0.238 e. The van der Waals surface area contributed by atoms with Crippen LogP contribution in [-0.2, 0) is 16.0 Å². The summed E-state index contributed by atoms with van der Waals surface area (Å²) in [6.07, 6.45) is 7.52. The Kier molecular flexibility index (Phi) is 6.75. The summed E-state index contributed by atoms with van der Waals surface area (Å²) in [5.41, 5.74) is 8.47. The fraction of sp³-hybridized carbons (Fsp3) is 0.273. The highest BCUT2D eigenvalue weighted by atomic mass is 32.2. The summed E-state index contributed by atoms with van der Waals surface area (Å²) in [5.74, 6) is 2.31. The maximum Gasteiger partial charge on any atom is 0.238 e. The number of benzene rings is 2. The van der Waals surface area contributed by atoms with Gasteiger partial charge in [-0.2, -0.15) is 0 Å². The second-order valence-corrected chi connectivity index (χ2v) is 7.68. The van der Waals surface area contributed by atoms with E-state index in [1.807, 2.05) is 41.3 Å². The van der Waals surface area contributed by atoms with E-state index in [2.05, 4.69) is 23.4 Å². The van der Waals surface area contributed by atoms with Crippen molar-refractivity contribution in [3.8, 4) is 12.3 Å². The Labute approximate surface area is 169 Å². The first-order valence-corrected chi connectivity index (χ1v) is 10.1. The van der Waals surface area contributed by atoms with E-state index in [-0.39, 0.29) is 24.2 Å². The molecule has 5 nitrogen and oxygen atoms in total. The van der Waals surface area contributed by atoms with Gasteiger partial charge in [-0.05, 0) is 36.1 Å². The molecule has 144 valence electrons.